The number of amides is 2. The van der Waals surface area contributed by atoms with Gasteiger partial charge in [0.1, 0.15) is 11.7 Å². The van der Waals surface area contributed by atoms with Crippen molar-refractivity contribution in [1.29, 1.82) is 0 Å². The van der Waals surface area contributed by atoms with Crippen LogP contribution in [0.3, 0.4) is 0 Å². The highest BCUT2D eigenvalue weighted by Gasteiger charge is 2.39. The summed E-state index contributed by atoms with van der Waals surface area (Å²) in [7, 11) is 0. The number of aromatic nitrogens is 1. The minimum absolute atomic E-state index is 0.279. The van der Waals surface area contributed by atoms with Crippen molar-refractivity contribution in [3.63, 3.8) is 0 Å². The van der Waals surface area contributed by atoms with Crippen LogP contribution in [-0.4, -0.2) is 27.7 Å². The average Bonchev–Trinajstić information content (AvgIpc) is 3.38. The van der Waals surface area contributed by atoms with Crippen LogP contribution in [0, 0.1) is 0 Å². The highest BCUT2D eigenvalue weighted by atomic mass is 35.5. The van der Waals surface area contributed by atoms with E-state index in [2.05, 4.69) is 4.98 Å². The zero-order chi connectivity index (χ0) is 20.4. The molecule has 7 heteroatoms. The van der Waals surface area contributed by atoms with Crippen LogP contribution in [0.15, 0.2) is 59.4 Å². The Balaban J connectivity index is 1.77. The van der Waals surface area contributed by atoms with Crippen molar-refractivity contribution in [1.82, 2.24) is 9.88 Å². The van der Waals surface area contributed by atoms with E-state index in [1.165, 1.54) is 11.3 Å². The Labute approximate surface area is 178 Å². The summed E-state index contributed by atoms with van der Waals surface area (Å²) in [6, 6.07) is 14.2. The molecule has 29 heavy (non-hydrogen) atoms. The monoisotopic (exact) mass is 425 g/mol. The fraction of sp³-hybridized carbons (Fsp3) is 0.227. The lowest BCUT2D eigenvalue weighted by Gasteiger charge is -2.35. The Hall–Kier alpha value is -2.70. The van der Waals surface area contributed by atoms with Crippen molar-refractivity contribution in [3.8, 4) is 0 Å². The first kappa shape index (κ1) is 19.6. The Morgan fingerprint density at radius 1 is 1.24 bits per heavy atom. The van der Waals surface area contributed by atoms with Gasteiger partial charge in [-0.1, -0.05) is 48.0 Å². The number of aryl methyl sites for hydroxylation is 1. The normalized spacial score (nSPS) is 16.2. The van der Waals surface area contributed by atoms with Crippen LogP contribution in [0.4, 0.5) is 0 Å². The highest BCUT2D eigenvalue weighted by Crippen LogP contribution is 2.39. The van der Waals surface area contributed by atoms with Crippen molar-refractivity contribution in [2.24, 2.45) is 5.73 Å². The van der Waals surface area contributed by atoms with E-state index in [1.807, 2.05) is 48.5 Å². The highest BCUT2D eigenvalue weighted by molar-refractivity contribution is 7.07. The van der Waals surface area contributed by atoms with Gasteiger partial charge in [0.25, 0.3) is 5.91 Å². The Kier molecular flexibility index (Phi) is 5.65. The van der Waals surface area contributed by atoms with Crippen LogP contribution in [0.1, 0.15) is 39.6 Å². The summed E-state index contributed by atoms with van der Waals surface area (Å²) in [5, 5.41) is 2.30. The largest absolute Gasteiger partial charge is 0.368 e. The molecule has 148 valence electrons. The van der Waals surface area contributed by atoms with Gasteiger partial charge < -0.3 is 10.6 Å². The molecule has 0 radical (unpaired) electrons. The summed E-state index contributed by atoms with van der Waals surface area (Å²) in [6.45, 7) is 0. The van der Waals surface area contributed by atoms with Crippen LogP contribution in [-0.2, 0) is 17.6 Å². The van der Waals surface area contributed by atoms with Gasteiger partial charge >= 0.3 is 0 Å². The van der Waals surface area contributed by atoms with Gasteiger partial charge in [0.05, 0.1) is 11.6 Å². The number of fused-ring (bicyclic) bond motifs is 1. The molecular weight excluding hydrogens is 406 g/mol. The molecule has 1 heterocycles. The second-order valence-corrected chi connectivity index (χ2v) is 8.25. The number of carbonyl (C=O) groups is 2. The van der Waals surface area contributed by atoms with E-state index in [9.17, 15) is 9.59 Å². The van der Waals surface area contributed by atoms with Gasteiger partial charge in [-0.15, -0.1) is 11.3 Å². The molecule has 2 atom stereocenters. The molecule has 0 unspecified atom stereocenters. The molecule has 0 spiro atoms. The van der Waals surface area contributed by atoms with E-state index in [1.54, 1.807) is 15.8 Å². The number of nitrogens with two attached hydrogens (primary N) is 1. The summed E-state index contributed by atoms with van der Waals surface area (Å²) in [5.41, 5.74) is 10.8. The number of hydrogen-bond acceptors (Lipinski definition) is 4. The van der Waals surface area contributed by atoms with Crippen molar-refractivity contribution >= 4 is 34.8 Å². The molecule has 1 aromatic heterocycles. The smallest absolute Gasteiger partial charge is 0.274 e. The van der Waals surface area contributed by atoms with Gasteiger partial charge in [-0.25, -0.2) is 4.98 Å². The molecule has 0 aliphatic heterocycles. The first-order valence-electron chi connectivity index (χ1n) is 9.37. The quantitative estimate of drug-likeness (QED) is 0.647. The number of benzene rings is 2. The molecule has 1 aliphatic rings. The van der Waals surface area contributed by atoms with Crippen molar-refractivity contribution in [2.75, 3.05) is 0 Å². The number of halogens is 1. The maximum absolute atomic E-state index is 13.5. The first-order chi connectivity index (χ1) is 14.0. The number of rotatable bonds is 6. The zero-order valence-electron chi connectivity index (χ0n) is 15.6. The summed E-state index contributed by atoms with van der Waals surface area (Å²) in [4.78, 5) is 31.8. The lowest BCUT2D eigenvalue weighted by molar-refractivity contribution is -0.123. The van der Waals surface area contributed by atoms with Gasteiger partial charge in [-0.2, -0.15) is 0 Å². The average molecular weight is 426 g/mol. The van der Waals surface area contributed by atoms with Crippen molar-refractivity contribution in [3.05, 3.63) is 86.8 Å². The summed E-state index contributed by atoms with van der Waals surface area (Å²) >= 11 is 7.58. The topological polar surface area (TPSA) is 76.3 Å². The van der Waals surface area contributed by atoms with Crippen LogP contribution >= 0.6 is 22.9 Å². The van der Waals surface area contributed by atoms with Gasteiger partial charge in [-0.3, -0.25) is 9.59 Å². The number of carbonyl (C=O) groups excluding carboxylic acids is 2. The van der Waals surface area contributed by atoms with E-state index in [0.717, 1.165) is 23.1 Å². The second kappa shape index (κ2) is 8.35. The molecule has 0 fully saturated rings. The van der Waals surface area contributed by atoms with Crippen LogP contribution in [0.5, 0.6) is 0 Å². The van der Waals surface area contributed by atoms with E-state index in [0.29, 0.717) is 23.6 Å². The standard InChI is InChI=1S/C22H20ClN3O2S/c23-16-8-6-15-7-9-19(17(15)11-16)26(22(28)18-12-29-13-25-18)20(21(24)27)10-14-4-2-1-3-5-14/h1-6,8,11-13,19-20H,7,9-10H2,(H2,24,27)/t19-,20-/m1/s1. The molecular formula is C22H20ClN3O2S. The van der Waals surface area contributed by atoms with E-state index >= 15 is 0 Å². The molecule has 0 saturated carbocycles. The van der Waals surface area contributed by atoms with E-state index < -0.39 is 11.9 Å². The van der Waals surface area contributed by atoms with Crippen LogP contribution in [0.25, 0.3) is 0 Å². The molecule has 3 aromatic rings. The van der Waals surface area contributed by atoms with Gasteiger partial charge in [0.15, 0.2) is 0 Å². The van der Waals surface area contributed by atoms with Crippen LogP contribution < -0.4 is 5.73 Å². The number of nitrogens with zero attached hydrogens (tertiary/aromatic N) is 2. The first-order valence-corrected chi connectivity index (χ1v) is 10.7. The molecule has 0 bridgehead atoms. The third-order valence-corrected chi connectivity index (χ3v) is 6.13. The molecule has 4 rings (SSSR count). The predicted octanol–water partition coefficient (Wildman–Crippen LogP) is 4.02. The van der Waals surface area contributed by atoms with Crippen molar-refractivity contribution < 1.29 is 9.59 Å². The van der Waals surface area contributed by atoms with Gasteiger partial charge in [0.2, 0.25) is 5.91 Å². The van der Waals surface area contributed by atoms with E-state index in [-0.39, 0.29) is 11.9 Å². The SMILES string of the molecule is NC(=O)[C@@H](Cc1ccccc1)N(C(=O)c1cscn1)[C@@H]1CCc2ccc(Cl)cc21. The van der Waals surface area contributed by atoms with Gasteiger partial charge in [-0.05, 0) is 41.7 Å². The third-order valence-electron chi connectivity index (χ3n) is 5.31. The number of primary amides is 1. The summed E-state index contributed by atoms with van der Waals surface area (Å²) in [5.74, 6) is -0.822. The fourth-order valence-electron chi connectivity index (χ4n) is 3.96. The fourth-order valence-corrected chi connectivity index (χ4v) is 4.67. The second-order valence-electron chi connectivity index (χ2n) is 7.09. The maximum Gasteiger partial charge on any atom is 0.274 e. The third kappa shape index (κ3) is 4.04. The molecule has 2 aromatic carbocycles. The molecule has 0 saturated heterocycles. The summed E-state index contributed by atoms with van der Waals surface area (Å²) in [6.07, 6.45) is 1.87. The Morgan fingerprint density at radius 3 is 2.72 bits per heavy atom. The minimum atomic E-state index is -0.790. The zero-order valence-corrected chi connectivity index (χ0v) is 17.2. The van der Waals surface area contributed by atoms with Crippen LogP contribution in [0.2, 0.25) is 5.02 Å². The summed E-state index contributed by atoms with van der Waals surface area (Å²) < 4.78 is 0. The molecule has 2 N–H and O–H groups in total. The number of hydrogen-bond donors (Lipinski definition) is 1. The maximum atomic E-state index is 13.5. The number of thiazole rings is 1. The van der Waals surface area contributed by atoms with E-state index in [4.69, 9.17) is 17.3 Å². The molecule has 5 nitrogen and oxygen atoms in total. The van der Waals surface area contributed by atoms with Gasteiger partial charge in [0, 0.05) is 16.8 Å². The van der Waals surface area contributed by atoms with Crippen molar-refractivity contribution in [2.45, 2.75) is 31.3 Å². The molecule has 1 aliphatic carbocycles. The minimum Gasteiger partial charge on any atom is -0.368 e. The Morgan fingerprint density at radius 2 is 2.03 bits per heavy atom. The lowest BCUT2D eigenvalue weighted by atomic mass is 9.99. The lowest BCUT2D eigenvalue weighted by Crippen LogP contribution is -2.50. The Bertz CT molecular complexity index is 1020. The predicted molar refractivity (Wildman–Crippen MR) is 114 cm³/mol. The molecule has 2 amide bonds.